The highest BCUT2D eigenvalue weighted by Gasteiger charge is 2.22. The Kier molecular flexibility index (Phi) is 4.50. The summed E-state index contributed by atoms with van der Waals surface area (Å²) in [4.78, 5) is 16.6. The molecule has 0 unspecified atom stereocenters. The molecule has 1 aromatic heterocycles. The van der Waals surface area contributed by atoms with Crippen LogP contribution in [-0.4, -0.2) is 34.4 Å². The number of hydrogen-bond donors (Lipinski definition) is 1. The number of carbonyl (C=O) groups excluding carboxylic acids is 1. The molecule has 0 atom stereocenters. The summed E-state index contributed by atoms with van der Waals surface area (Å²) < 4.78 is 1.83. The summed E-state index contributed by atoms with van der Waals surface area (Å²) in [6, 6.07) is 17.9. The number of nitrogens with two attached hydrogens (primary N) is 1. The van der Waals surface area contributed by atoms with Crippen LogP contribution in [0, 0.1) is 0 Å². The van der Waals surface area contributed by atoms with Crippen molar-refractivity contribution in [2.45, 2.75) is 0 Å². The number of ketones is 1. The van der Waals surface area contributed by atoms with Crippen molar-refractivity contribution in [1.29, 1.82) is 0 Å². The fraction of sp³-hybridized carbons (Fsp3) is 0.125. The van der Waals surface area contributed by atoms with E-state index in [1.807, 2.05) is 66.5 Å². The minimum atomic E-state index is 0.0118. The molecule has 0 aliphatic carbocycles. The van der Waals surface area contributed by atoms with Crippen LogP contribution >= 0.6 is 11.6 Å². The van der Waals surface area contributed by atoms with Crippen LogP contribution in [0.2, 0.25) is 5.02 Å². The smallest absolute Gasteiger partial charge is 0.184 e. The van der Waals surface area contributed by atoms with Crippen molar-refractivity contribution in [2.24, 2.45) is 17.8 Å². The summed E-state index contributed by atoms with van der Waals surface area (Å²) in [5.41, 5.74) is 11.8. The first-order valence-electron chi connectivity index (χ1n) is 9.69. The Bertz CT molecular complexity index is 1350. The fourth-order valence-corrected chi connectivity index (χ4v) is 4.42. The molecule has 5 nitrogen and oxygen atoms in total. The van der Waals surface area contributed by atoms with Crippen LogP contribution in [0.15, 0.2) is 65.8 Å². The van der Waals surface area contributed by atoms with Gasteiger partial charge in [-0.25, -0.2) is 0 Å². The molecule has 30 heavy (non-hydrogen) atoms. The molecule has 1 aliphatic heterocycles. The van der Waals surface area contributed by atoms with Gasteiger partial charge in [0.1, 0.15) is 6.54 Å². The second-order valence-electron chi connectivity index (χ2n) is 7.33. The van der Waals surface area contributed by atoms with Crippen LogP contribution in [0.4, 0.5) is 0 Å². The molecule has 0 fully saturated rings. The number of aryl methyl sites for hydroxylation is 1. The van der Waals surface area contributed by atoms with Crippen LogP contribution < -0.4 is 5.73 Å². The summed E-state index contributed by atoms with van der Waals surface area (Å²) in [5.74, 6) is 0.0118. The van der Waals surface area contributed by atoms with Crippen LogP contribution in [0.3, 0.4) is 0 Å². The molecule has 2 heterocycles. The van der Waals surface area contributed by atoms with Gasteiger partial charge >= 0.3 is 0 Å². The van der Waals surface area contributed by atoms with E-state index in [1.165, 1.54) is 0 Å². The Morgan fingerprint density at radius 2 is 1.83 bits per heavy atom. The van der Waals surface area contributed by atoms with Gasteiger partial charge < -0.3 is 5.73 Å². The quantitative estimate of drug-likeness (QED) is 0.536. The Hall–Kier alpha value is -3.28. The molecule has 0 radical (unpaired) electrons. The van der Waals surface area contributed by atoms with E-state index >= 15 is 0 Å². The zero-order chi connectivity index (χ0) is 20.8. The van der Waals surface area contributed by atoms with E-state index in [1.54, 1.807) is 0 Å². The predicted molar refractivity (Wildman–Crippen MR) is 121 cm³/mol. The largest absolute Gasteiger partial charge is 0.325 e. The van der Waals surface area contributed by atoms with Crippen molar-refractivity contribution in [3.05, 3.63) is 76.9 Å². The molecule has 148 valence electrons. The summed E-state index contributed by atoms with van der Waals surface area (Å²) in [5, 5.41) is 7.27. The average molecular weight is 415 g/mol. The molecule has 0 bridgehead atoms. The van der Waals surface area contributed by atoms with E-state index in [9.17, 15) is 4.79 Å². The zero-order valence-electron chi connectivity index (χ0n) is 16.4. The SMILES string of the molecule is Cn1ncc(-c2ccc3c(c2)C(CN)=NCC3=O)c1-c1ccc2ccccc2c1Cl. The number of aliphatic imine (C=N–C) groups is 1. The molecule has 4 aromatic rings. The normalized spacial score (nSPS) is 13.4. The molecule has 0 amide bonds. The molecule has 3 aromatic carbocycles. The number of fused-ring (bicyclic) bond motifs is 2. The lowest BCUT2D eigenvalue weighted by molar-refractivity contribution is 0.1000. The van der Waals surface area contributed by atoms with Crippen molar-refractivity contribution < 1.29 is 4.79 Å². The first kappa shape index (κ1) is 18.7. The van der Waals surface area contributed by atoms with Gasteiger partial charge in [0.15, 0.2) is 5.78 Å². The second-order valence-corrected chi connectivity index (χ2v) is 7.71. The van der Waals surface area contributed by atoms with Gasteiger partial charge in [-0.1, -0.05) is 60.1 Å². The highest BCUT2D eigenvalue weighted by atomic mass is 35.5. The summed E-state index contributed by atoms with van der Waals surface area (Å²) in [6.45, 7) is 0.448. The minimum absolute atomic E-state index is 0.0118. The highest BCUT2D eigenvalue weighted by Crippen LogP contribution is 2.39. The molecular weight excluding hydrogens is 396 g/mol. The number of carbonyl (C=O) groups is 1. The maximum absolute atomic E-state index is 12.3. The molecular formula is C24H19ClN4O. The van der Waals surface area contributed by atoms with E-state index < -0.39 is 0 Å². The van der Waals surface area contributed by atoms with E-state index in [4.69, 9.17) is 17.3 Å². The number of halogens is 1. The third-order valence-corrected chi connectivity index (χ3v) is 6.01. The number of nitrogens with zero attached hydrogens (tertiary/aromatic N) is 3. The van der Waals surface area contributed by atoms with Crippen LogP contribution in [0.5, 0.6) is 0 Å². The molecule has 0 saturated carbocycles. The highest BCUT2D eigenvalue weighted by molar-refractivity contribution is 6.38. The first-order chi connectivity index (χ1) is 14.6. The Morgan fingerprint density at radius 3 is 2.67 bits per heavy atom. The van der Waals surface area contributed by atoms with Crippen molar-refractivity contribution >= 4 is 33.9 Å². The topological polar surface area (TPSA) is 73.3 Å². The van der Waals surface area contributed by atoms with Crippen LogP contribution in [-0.2, 0) is 7.05 Å². The molecule has 2 N–H and O–H groups in total. The first-order valence-corrected chi connectivity index (χ1v) is 10.1. The monoisotopic (exact) mass is 414 g/mol. The Balaban J connectivity index is 1.71. The van der Waals surface area contributed by atoms with Gasteiger partial charge in [0.05, 0.1) is 22.6 Å². The zero-order valence-corrected chi connectivity index (χ0v) is 17.1. The van der Waals surface area contributed by atoms with Crippen LogP contribution in [0.25, 0.3) is 33.2 Å². The molecule has 6 heteroatoms. The van der Waals surface area contributed by atoms with E-state index in [-0.39, 0.29) is 12.3 Å². The van der Waals surface area contributed by atoms with Gasteiger partial charge in [0, 0.05) is 41.2 Å². The van der Waals surface area contributed by atoms with Crippen molar-refractivity contribution in [2.75, 3.05) is 13.1 Å². The molecule has 0 saturated heterocycles. The lowest BCUT2D eigenvalue weighted by Crippen LogP contribution is -2.24. The van der Waals surface area contributed by atoms with Crippen molar-refractivity contribution in [3.8, 4) is 22.4 Å². The van der Waals surface area contributed by atoms with Gasteiger partial charge in [-0.2, -0.15) is 5.10 Å². The van der Waals surface area contributed by atoms with Gasteiger partial charge in [0.25, 0.3) is 0 Å². The molecule has 0 spiro atoms. The minimum Gasteiger partial charge on any atom is -0.325 e. The van der Waals surface area contributed by atoms with Gasteiger partial charge in [-0.3, -0.25) is 14.5 Å². The third kappa shape index (κ3) is 2.86. The predicted octanol–water partition coefficient (Wildman–Crippen LogP) is 4.50. The summed E-state index contributed by atoms with van der Waals surface area (Å²) in [7, 11) is 1.90. The van der Waals surface area contributed by atoms with Crippen molar-refractivity contribution in [3.63, 3.8) is 0 Å². The maximum Gasteiger partial charge on any atom is 0.184 e. The van der Waals surface area contributed by atoms with Crippen LogP contribution in [0.1, 0.15) is 15.9 Å². The average Bonchev–Trinajstić information content (AvgIpc) is 3.15. The summed E-state index contributed by atoms with van der Waals surface area (Å²) in [6.07, 6.45) is 1.83. The number of Topliss-reactive ketones (excluding diaryl/α,β-unsaturated/α-hetero) is 1. The van der Waals surface area contributed by atoms with E-state index in [2.05, 4.69) is 16.2 Å². The fourth-order valence-electron chi connectivity index (χ4n) is 4.09. The standard InChI is InChI=1S/C24H19ClN4O/c1-29-24(18-9-6-14-4-2-3-5-16(14)23(18)25)20(12-28-29)15-7-8-17-19(10-15)21(11-26)27-13-22(17)30/h2-10,12H,11,13,26H2,1H3. The van der Waals surface area contributed by atoms with Gasteiger partial charge in [0.2, 0.25) is 0 Å². The molecule has 5 rings (SSSR count). The molecule has 1 aliphatic rings. The summed E-state index contributed by atoms with van der Waals surface area (Å²) >= 11 is 6.82. The number of aromatic nitrogens is 2. The van der Waals surface area contributed by atoms with Gasteiger partial charge in [-0.15, -0.1) is 0 Å². The van der Waals surface area contributed by atoms with E-state index in [0.29, 0.717) is 17.1 Å². The van der Waals surface area contributed by atoms with E-state index in [0.717, 1.165) is 44.4 Å². The van der Waals surface area contributed by atoms with Crippen molar-refractivity contribution in [1.82, 2.24) is 9.78 Å². The number of benzene rings is 3. The Morgan fingerprint density at radius 1 is 1.03 bits per heavy atom. The lowest BCUT2D eigenvalue weighted by Gasteiger charge is -2.17. The lowest BCUT2D eigenvalue weighted by atomic mass is 9.91. The maximum atomic E-state index is 12.3. The Labute approximate surface area is 178 Å². The second kappa shape index (κ2) is 7.20. The number of hydrogen-bond acceptors (Lipinski definition) is 4. The number of rotatable bonds is 3. The van der Waals surface area contributed by atoms with Gasteiger partial charge in [-0.05, 0) is 17.0 Å². The third-order valence-electron chi connectivity index (χ3n) is 5.61.